The fraction of sp³-hybridized carbons (Fsp3) is 0.333. The topological polar surface area (TPSA) is 66.4 Å². The first-order valence-corrected chi connectivity index (χ1v) is 7.21. The molecule has 0 saturated carbocycles. The molecule has 2 atom stereocenters. The van der Waals surface area contributed by atoms with Gasteiger partial charge in [-0.2, -0.15) is 0 Å². The molecule has 0 heterocycles. The van der Waals surface area contributed by atoms with E-state index in [-0.39, 0.29) is 12.3 Å². The summed E-state index contributed by atoms with van der Waals surface area (Å²) in [5, 5.41) is 12.4. The van der Waals surface area contributed by atoms with Crippen molar-refractivity contribution >= 4 is 35.1 Å². The lowest BCUT2D eigenvalue weighted by Crippen LogP contribution is -2.42. The lowest BCUT2D eigenvalue weighted by atomic mass is 10.00. The Bertz CT molecular complexity index is 558. The number of allylic oxidation sites excluding steroid dienone is 1. The molecular formula is C15H17Cl2NO3. The van der Waals surface area contributed by atoms with Gasteiger partial charge in [-0.3, -0.25) is 4.79 Å². The molecular weight excluding hydrogens is 313 g/mol. The average molecular weight is 330 g/mol. The van der Waals surface area contributed by atoms with Crippen LogP contribution in [0.5, 0.6) is 0 Å². The Balaban J connectivity index is 2.81. The van der Waals surface area contributed by atoms with Crippen LogP contribution in [-0.4, -0.2) is 23.0 Å². The fourth-order valence-electron chi connectivity index (χ4n) is 1.72. The van der Waals surface area contributed by atoms with E-state index in [0.29, 0.717) is 15.6 Å². The Labute approximate surface area is 133 Å². The minimum atomic E-state index is -1.07. The van der Waals surface area contributed by atoms with Gasteiger partial charge in [0.2, 0.25) is 5.91 Å². The van der Waals surface area contributed by atoms with E-state index in [1.165, 1.54) is 0 Å². The summed E-state index contributed by atoms with van der Waals surface area (Å²) in [5.74, 6) is -1.96. The number of halogens is 2. The van der Waals surface area contributed by atoms with Gasteiger partial charge >= 0.3 is 5.97 Å². The van der Waals surface area contributed by atoms with Crippen molar-refractivity contribution in [3.8, 4) is 0 Å². The zero-order valence-corrected chi connectivity index (χ0v) is 13.3. The van der Waals surface area contributed by atoms with Crippen molar-refractivity contribution in [2.75, 3.05) is 0 Å². The van der Waals surface area contributed by atoms with E-state index >= 15 is 0 Å². The molecule has 4 nitrogen and oxygen atoms in total. The lowest BCUT2D eigenvalue weighted by molar-refractivity contribution is -0.141. The number of carboxylic acid groups (broad SMARTS) is 1. The van der Waals surface area contributed by atoms with Gasteiger partial charge in [0.25, 0.3) is 0 Å². The third-order valence-electron chi connectivity index (χ3n) is 3.06. The number of carbonyl (C=O) groups is 2. The molecule has 1 aromatic carbocycles. The highest BCUT2D eigenvalue weighted by Gasteiger charge is 2.23. The molecule has 2 unspecified atom stereocenters. The number of amides is 1. The molecule has 0 radical (unpaired) electrons. The van der Waals surface area contributed by atoms with Crippen LogP contribution in [0.1, 0.15) is 31.7 Å². The van der Waals surface area contributed by atoms with Gasteiger partial charge in [-0.15, -0.1) is 0 Å². The van der Waals surface area contributed by atoms with Crippen LogP contribution in [-0.2, 0) is 9.59 Å². The maximum Gasteiger partial charge on any atom is 0.326 e. The van der Waals surface area contributed by atoms with Crippen LogP contribution in [0.2, 0.25) is 10.0 Å². The van der Waals surface area contributed by atoms with E-state index in [0.717, 1.165) is 0 Å². The molecule has 1 amide bonds. The van der Waals surface area contributed by atoms with Crippen LogP contribution in [0.4, 0.5) is 0 Å². The highest BCUT2D eigenvalue weighted by atomic mass is 35.5. The van der Waals surface area contributed by atoms with Gasteiger partial charge in [0.1, 0.15) is 6.04 Å². The Hall–Kier alpha value is -1.52. The summed E-state index contributed by atoms with van der Waals surface area (Å²) in [6.45, 7) is 3.47. The molecule has 2 N–H and O–H groups in total. The fourth-order valence-corrected chi connectivity index (χ4v) is 2.03. The van der Waals surface area contributed by atoms with Crippen LogP contribution in [0, 0.1) is 0 Å². The Morgan fingerprint density at radius 2 is 2.00 bits per heavy atom. The summed E-state index contributed by atoms with van der Waals surface area (Å²) in [7, 11) is 0. The highest BCUT2D eigenvalue weighted by Crippen LogP contribution is 2.26. The van der Waals surface area contributed by atoms with Gasteiger partial charge < -0.3 is 10.4 Å². The number of aliphatic carboxylic acids is 1. The maximum atomic E-state index is 12.1. The second kappa shape index (κ2) is 8.05. The third-order valence-corrected chi connectivity index (χ3v) is 3.80. The molecule has 6 heteroatoms. The van der Waals surface area contributed by atoms with E-state index in [1.54, 1.807) is 44.2 Å². The number of rotatable bonds is 6. The SMILES string of the molecule is C/C=C/CC(NC(=O)C(C)c1ccc(Cl)c(Cl)c1)C(=O)O. The number of hydrogen-bond donors (Lipinski definition) is 2. The van der Waals surface area contributed by atoms with Crippen molar-refractivity contribution in [2.45, 2.75) is 32.2 Å². The highest BCUT2D eigenvalue weighted by molar-refractivity contribution is 6.42. The van der Waals surface area contributed by atoms with Crippen molar-refractivity contribution in [3.05, 3.63) is 46.0 Å². The zero-order chi connectivity index (χ0) is 16.0. The van der Waals surface area contributed by atoms with Gasteiger partial charge in [-0.25, -0.2) is 4.79 Å². The summed E-state index contributed by atoms with van der Waals surface area (Å²) < 4.78 is 0. The van der Waals surface area contributed by atoms with E-state index in [9.17, 15) is 9.59 Å². The number of carboxylic acids is 1. The molecule has 0 fully saturated rings. The van der Waals surface area contributed by atoms with Gasteiger partial charge in [0.15, 0.2) is 0 Å². The smallest absolute Gasteiger partial charge is 0.326 e. The van der Waals surface area contributed by atoms with Crippen molar-refractivity contribution in [2.24, 2.45) is 0 Å². The summed E-state index contributed by atoms with van der Waals surface area (Å²) >= 11 is 11.8. The van der Waals surface area contributed by atoms with Crippen molar-refractivity contribution in [1.29, 1.82) is 0 Å². The molecule has 0 aliphatic heterocycles. The van der Waals surface area contributed by atoms with E-state index in [4.69, 9.17) is 28.3 Å². The largest absolute Gasteiger partial charge is 0.480 e. The average Bonchev–Trinajstić information content (AvgIpc) is 2.45. The first kappa shape index (κ1) is 17.5. The third kappa shape index (κ3) is 5.06. The lowest BCUT2D eigenvalue weighted by Gasteiger charge is -2.17. The second-order valence-electron chi connectivity index (χ2n) is 4.60. The Kier molecular flexibility index (Phi) is 6.72. The molecule has 1 aromatic rings. The van der Waals surface area contributed by atoms with Crippen molar-refractivity contribution in [1.82, 2.24) is 5.32 Å². The summed E-state index contributed by atoms with van der Waals surface area (Å²) in [6.07, 6.45) is 3.68. The molecule has 0 bridgehead atoms. The van der Waals surface area contributed by atoms with E-state index in [1.807, 2.05) is 0 Å². The van der Waals surface area contributed by atoms with E-state index < -0.39 is 17.9 Å². The summed E-state index contributed by atoms with van der Waals surface area (Å²) in [6, 6.07) is 3.96. The van der Waals surface area contributed by atoms with Gasteiger partial charge in [0, 0.05) is 0 Å². The first-order valence-electron chi connectivity index (χ1n) is 6.46. The normalized spacial score (nSPS) is 13.9. The molecule has 0 aliphatic carbocycles. The molecule has 0 saturated heterocycles. The molecule has 0 spiro atoms. The second-order valence-corrected chi connectivity index (χ2v) is 5.41. The number of carbonyl (C=O) groups excluding carboxylic acids is 1. The molecule has 114 valence electrons. The Morgan fingerprint density at radius 1 is 1.33 bits per heavy atom. The van der Waals surface area contributed by atoms with Crippen molar-refractivity contribution in [3.63, 3.8) is 0 Å². The molecule has 0 aromatic heterocycles. The van der Waals surface area contributed by atoms with Gasteiger partial charge in [-0.05, 0) is 38.0 Å². The predicted octanol–water partition coefficient (Wildman–Crippen LogP) is 3.63. The van der Waals surface area contributed by atoms with Crippen LogP contribution in [0.25, 0.3) is 0 Å². The molecule has 21 heavy (non-hydrogen) atoms. The minimum absolute atomic E-state index is 0.242. The van der Waals surface area contributed by atoms with Crippen LogP contribution in [0.3, 0.4) is 0 Å². The Morgan fingerprint density at radius 3 is 2.52 bits per heavy atom. The summed E-state index contributed by atoms with van der Waals surface area (Å²) in [5.41, 5.74) is 0.678. The molecule has 1 rings (SSSR count). The van der Waals surface area contributed by atoms with E-state index in [2.05, 4.69) is 5.32 Å². The zero-order valence-electron chi connectivity index (χ0n) is 11.8. The quantitative estimate of drug-likeness (QED) is 0.783. The monoisotopic (exact) mass is 329 g/mol. The first-order chi connectivity index (χ1) is 9.86. The maximum absolute atomic E-state index is 12.1. The number of nitrogens with one attached hydrogen (secondary N) is 1. The summed E-state index contributed by atoms with van der Waals surface area (Å²) in [4.78, 5) is 23.3. The van der Waals surface area contributed by atoms with Crippen molar-refractivity contribution < 1.29 is 14.7 Å². The van der Waals surface area contributed by atoms with Crippen LogP contribution in [0.15, 0.2) is 30.4 Å². The number of hydrogen-bond acceptors (Lipinski definition) is 2. The molecule has 0 aliphatic rings. The van der Waals surface area contributed by atoms with Crippen LogP contribution >= 0.6 is 23.2 Å². The predicted molar refractivity (Wildman–Crippen MR) is 83.9 cm³/mol. The van der Waals surface area contributed by atoms with Crippen LogP contribution < -0.4 is 5.32 Å². The van der Waals surface area contributed by atoms with Gasteiger partial charge in [0.05, 0.1) is 16.0 Å². The van der Waals surface area contributed by atoms with Gasteiger partial charge in [-0.1, -0.05) is 41.4 Å². The number of benzene rings is 1. The minimum Gasteiger partial charge on any atom is -0.480 e. The standard InChI is InChI=1S/C15H17Cl2NO3/c1-3-4-5-13(15(20)21)18-14(19)9(2)10-6-7-11(16)12(17)8-10/h3-4,6-9,13H,5H2,1-2H3,(H,18,19)(H,20,21)/b4-3+.